The van der Waals surface area contributed by atoms with Gasteiger partial charge in [-0.15, -0.1) is 11.3 Å². The van der Waals surface area contributed by atoms with Gasteiger partial charge in [0.15, 0.2) is 0 Å². The van der Waals surface area contributed by atoms with Crippen molar-refractivity contribution in [2.75, 3.05) is 6.54 Å². The van der Waals surface area contributed by atoms with Gasteiger partial charge in [-0.2, -0.15) is 0 Å². The first-order valence-corrected chi connectivity index (χ1v) is 6.51. The van der Waals surface area contributed by atoms with Crippen LogP contribution in [0.1, 0.15) is 16.1 Å². The van der Waals surface area contributed by atoms with E-state index in [1.807, 2.05) is 30.6 Å². The number of hydrogen-bond acceptors (Lipinski definition) is 4. The van der Waals surface area contributed by atoms with E-state index in [4.69, 9.17) is 0 Å². The van der Waals surface area contributed by atoms with Crippen LogP contribution in [0.5, 0.6) is 5.75 Å². The van der Waals surface area contributed by atoms with Gasteiger partial charge < -0.3 is 10.4 Å². The van der Waals surface area contributed by atoms with Crippen LogP contribution in [0.4, 0.5) is 0 Å². The highest BCUT2D eigenvalue weighted by Crippen LogP contribution is 2.17. The molecule has 17 heavy (non-hydrogen) atoms. The van der Waals surface area contributed by atoms with Crippen molar-refractivity contribution in [3.63, 3.8) is 0 Å². The third kappa shape index (κ3) is 3.54. The first kappa shape index (κ1) is 12.1. The molecule has 3 nitrogen and oxygen atoms in total. The van der Waals surface area contributed by atoms with Crippen molar-refractivity contribution < 1.29 is 5.11 Å². The fraction of sp³-hybridized carbons (Fsp3) is 0.308. The van der Waals surface area contributed by atoms with Gasteiger partial charge in [-0.05, 0) is 13.0 Å². The lowest BCUT2D eigenvalue weighted by molar-refractivity contribution is 0.464. The number of benzene rings is 1. The van der Waals surface area contributed by atoms with Crippen molar-refractivity contribution in [3.05, 3.63) is 45.9 Å². The van der Waals surface area contributed by atoms with Gasteiger partial charge in [0.25, 0.3) is 0 Å². The van der Waals surface area contributed by atoms with Crippen LogP contribution in [-0.2, 0) is 13.0 Å². The van der Waals surface area contributed by atoms with E-state index in [9.17, 15) is 5.11 Å². The minimum atomic E-state index is 0.359. The molecule has 0 unspecified atom stereocenters. The topological polar surface area (TPSA) is 45.1 Å². The van der Waals surface area contributed by atoms with E-state index in [2.05, 4.69) is 10.3 Å². The van der Waals surface area contributed by atoms with Crippen molar-refractivity contribution in [1.29, 1.82) is 0 Å². The number of rotatable bonds is 5. The summed E-state index contributed by atoms with van der Waals surface area (Å²) in [5.74, 6) is 0.359. The van der Waals surface area contributed by atoms with Crippen LogP contribution in [0.2, 0.25) is 0 Å². The fourth-order valence-electron chi connectivity index (χ4n) is 1.65. The second-order valence-electron chi connectivity index (χ2n) is 3.98. The average molecular weight is 248 g/mol. The van der Waals surface area contributed by atoms with E-state index in [0.717, 1.165) is 23.5 Å². The highest BCUT2D eigenvalue weighted by molar-refractivity contribution is 7.09. The molecule has 0 bridgehead atoms. The van der Waals surface area contributed by atoms with Crippen molar-refractivity contribution >= 4 is 11.3 Å². The lowest BCUT2D eigenvalue weighted by Crippen LogP contribution is -2.16. The van der Waals surface area contributed by atoms with E-state index in [1.165, 1.54) is 5.56 Å². The number of phenolic OH excluding ortho intramolecular Hbond substituents is 1. The molecule has 0 radical (unpaired) electrons. The van der Waals surface area contributed by atoms with Crippen molar-refractivity contribution in [2.45, 2.75) is 19.9 Å². The Hall–Kier alpha value is -1.39. The molecule has 0 aliphatic heterocycles. The summed E-state index contributed by atoms with van der Waals surface area (Å²) in [7, 11) is 0. The van der Waals surface area contributed by atoms with Gasteiger partial charge in [-0.3, -0.25) is 0 Å². The van der Waals surface area contributed by atoms with E-state index < -0.39 is 0 Å². The van der Waals surface area contributed by atoms with Crippen LogP contribution in [-0.4, -0.2) is 16.6 Å². The molecule has 2 rings (SSSR count). The Morgan fingerprint density at radius 2 is 2.29 bits per heavy atom. The maximum absolute atomic E-state index is 9.67. The molecule has 0 atom stereocenters. The predicted octanol–water partition coefficient (Wildman–Crippen LogP) is 2.49. The minimum Gasteiger partial charge on any atom is -0.508 e. The van der Waals surface area contributed by atoms with Crippen LogP contribution >= 0.6 is 11.3 Å². The molecule has 0 aliphatic carbocycles. The van der Waals surface area contributed by atoms with Crippen LogP contribution in [0.3, 0.4) is 0 Å². The molecule has 2 N–H and O–H groups in total. The Labute approximate surface area is 105 Å². The molecule has 0 fully saturated rings. The number of nitrogens with zero attached hydrogens (tertiary/aromatic N) is 1. The lowest BCUT2D eigenvalue weighted by Gasteiger charge is -2.07. The van der Waals surface area contributed by atoms with Crippen molar-refractivity contribution in [2.24, 2.45) is 0 Å². The van der Waals surface area contributed by atoms with Gasteiger partial charge in [0.2, 0.25) is 0 Å². The van der Waals surface area contributed by atoms with Gasteiger partial charge in [0, 0.05) is 36.7 Å². The van der Waals surface area contributed by atoms with Crippen molar-refractivity contribution in [1.82, 2.24) is 10.3 Å². The summed E-state index contributed by atoms with van der Waals surface area (Å²) in [6.07, 6.45) is 2.76. The normalized spacial score (nSPS) is 10.6. The van der Waals surface area contributed by atoms with Crippen molar-refractivity contribution in [3.8, 4) is 5.75 Å². The SMILES string of the molecule is Cc1ccc(O)c(CNCCc2nccs2)c1. The maximum Gasteiger partial charge on any atom is 0.120 e. The number of aryl methyl sites for hydroxylation is 1. The first-order chi connectivity index (χ1) is 8.25. The standard InChI is InChI=1S/C13H16N2OS/c1-10-2-3-12(16)11(8-10)9-14-5-4-13-15-6-7-17-13/h2-3,6-8,14,16H,4-5,9H2,1H3. The van der Waals surface area contributed by atoms with Crippen LogP contribution in [0.25, 0.3) is 0 Å². The number of nitrogens with one attached hydrogen (secondary N) is 1. The predicted molar refractivity (Wildman–Crippen MR) is 70.4 cm³/mol. The molecule has 0 saturated carbocycles. The molecular formula is C13H16N2OS. The quantitative estimate of drug-likeness (QED) is 0.799. The Kier molecular flexibility index (Phi) is 4.12. The number of thiazole rings is 1. The largest absolute Gasteiger partial charge is 0.508 e. The molecule has 0 amide bonds. The number of phenols is 1. The zero-order valence-electron chi connectivity index (χ0n) is 9.81. The molecule has 2 aromatic rings. The molecule has 0 saturated heterocycles. The van der Waals surface area contributed by atoms with E-state index >= 15 is 0 Å². The Bertz CT molecular complexity index is 468. The molecule has 0 spiro atoms. The summed E-state index contributed by atoms with van der Waals surface area (Å²) in [4.78, 5) is 4.22. The Morgan fingerprint density at radius 1 is 1.41 bits per heavy atom. The summed E-state index contributed by atoms with van der Waals surface area (Å²) in [5, 5.41) is 16.1. The van der Waals surface area contributed by atoms with Gasteiger partial charge >= 0.3 is 0 Å². The van der Waals surface area contributed by atoms with E-state index in [-0.39, 0.29) is 0 Å². The van der Waals surface area contributed by atoms with Gasteiger partial charge in [0.1, 0.15) is 5.75 Å². The third-order valence-electron chi connectivity index (χ3n) is 2.55. The molecule has 1 heterocycles. The van der Waals surface area contributed by atoms with Crippen LogP contribution in [0.15, 0.2) is 29.8 Å². The molecule has 90 valence electrons. The number of aromatic hydroxyl groups is 1. The lowest BCUT2D eigenvalue weighted by atomic mass is 10.1. The fourth-order valence-corrected chi connectivity index (χ4v) is 2.27. The molecular weight excluding hydrogens is 232 g/mol. The highest BCUT2D eigenvalue weighted by atomic mass is 32.1. The summed E-state index contributed by atoms with van der Waals surface area (Å²) in [6.45, 7) is 3.60. The average Bonchev–Trinajstić information content (AvgIpc) is 2.82. The minimum absolute atomic E-state index is 0.359. The second kappa shape index (κ2) is 5.80. The van der Waals surface area contributed by atoms with Gasteiger partial charge in [0.05, 0.1) is 5.01 Å². The summed E-state index contributed by atoms with van der Waals surface area (Å²) < 4.78 is 0. The molecule has 1 aromatic carbocycles. The number of aromatic nitrogens is 1. The molecule has 1 aromatic heterocycles. The van der Waals surface area contributed by atoms with E-state index in [1.54, 1.807) is 17.4 Å². The van der Waals surface area contributed by atoms with Crippen LogP contribution < -0.4 is 5.32 Å². The first-order valence-electron chi connectivity index (χ1n) is 5.63. The number of hydrogen-bond donors (Lipinski definition) is 2. The second-order valence-corrected chi connectivity index (χ2v) is 4.96. The van der Waals surface area contributed by atoms with Gasteiger partial charge in [-0.25, -0.2) is 4.98 Å². The summed E-state index contributed by atoms with van der Waals surface area (Å²) in [5.41, 5.74) is 2.11. The maximum atomic E-state index is 9.67. The van der Waals surface area contributed by atoms with Gasteiger partial charge in [-0.1, -0.05) is 17.7 Å². The van der Waals surface area contributed by atoms with E-state index in [0.29, 0.717) is 12.3 Å². The molecule has 4 heteroatoms. The summed E-state index contributed by atoms with van der Waals surface area (Å²) >= 11 is 1.67. The smallest absolute Gasteiger partial charge is 0.120 e. The Balaban J connectivity index is 1.80. The molecule has 0 aliphatic rings. The Morgan fingerprint density at radius 3 is 3.06 bits per heavy atom. The zero-order chi connectivity index (χ0) is 12.1. The summed E-state index contributed by atoms with van der Waals surface area (Å²) in [6, 6.07) is 5.66. The zero-order valence-corrected chi connectivity index (χ0v) is 10.6. The monoisotopic (exact) mass is 248 g/mol. The highest BCUT2D eigenvalue weighted by Gasteiger charge is 2.01. The third-order valence-corrected chi connectivity index (χ3v) is 3.39. The van der Waals surface area contributed by atoms with Crippen LogP contribution in [0, 0.1) is 6.92 Å².